The molecular weight excluding hydrogens is 166 g/mol. The van der Waals surface area contributed by atoms with Crippen molar-refractivity contribution in [1.82, 2.24) is 5.32 Å². The van der Waals surface area contributed by atoms with Gasteiger partial charge in [-0.15, -0.1) is 6.42 Å². The molecule has 74 valence electrons. The molecule has 0 bridgehead atoms. The standard InChI is InChI=1S/C10H17NO2/c1-4-7-11-10(12)13-8-6-9(3)5-2/h1,9H,5-8H2,2-3H3,(H,11,12)/t9-/m0/s1. The Morgan fingerprint density at radius 2 is 2.38 bits per heavy atom. The van der Waals surface area contributed by atoms with Gasteiger partial charge in [-0.05, 0) is 12.3 Å². The van der Waals surface area contributed by atoms with Gasteiger partial charge in [0.2, 0.25) is 0 Å². The topological polar surface area (TPSA) is 38.3 Å². The van der Waals surface area contributed by atoms with Crippen molar-refractivity contribution in [3.05, 3.63) is 0 Å². The summed E-state index contributed by atoms with van der Waals surface area (Å²) in [6.07, 6.45) is 6.53. The summed E-state index contributed by atoms with van der Waals surface area (Å²) >= 11 is 0. The maximum absolute atomic E-state index is 10.8. The van der Waals surface area contributed by atoms with E-state index in [1.165, 1.54) is 0 Å². The largest absolute Gasteiger partial charge is 0.450 e. The minimum Gasteiger partial charge on any atom is -0.450 e. The number of carbonyl (C=O) groups is 1. The van der Waals surface area contributed by atoms with Crippen LogP contribution in [0, 0.1) is 18.3 Å². The maximum Gasteiger partial charge on any atom is 0.407 e. The van der Waals surface area contributed by atoms with E-state index >= 15 is 0 Å². The third-order valence-corrected chi connectivity index (χ3v) is 1.88. The predicted molar refractivity (Wildman–Crippen MR) is 52.3 cm³/mol. The van der Waals surface area contributed by atoms with Crippen molar-refractivity contribution < 1.29 is 9.53 Å². The highest BCUT2D eigenvalue weighted by Gasteiger charge is 2.02. The number of hydrogen-bond donors (Lipinski definition) is 1. The second kappa shape index (κ2) is 7.48. The Kier molecular flexibility index (Phi) is 6.80. The second-order valence-electron chi connectivity index (χ2n) is 3.00. The summed E-state index contributed by atoms with van der Waals surface area (Å²) in [6.45, 7) is 4.93. The summed E-state index contributed by atoms with van der Waals surface area (Å²) in [5.41, 5.74) is 0. The van der Waals surface area contributed by atoms with E-state index in [1.54, 1.807) is 0 Å². The summed E-state index contributed by atoms with van der Waals surface area (Å²) in [4.78, 5) is 10.8. The molecule has 0 radical (unpaired) electrons. The molecule has 0 unspecified atom stereocenters. The maximum atomic E-state index is 10.8. The molecule has 3 heteroatoms. The van der Waals surface area contributed by atoms with Gasteiger partial charge in [-0.1, -0.05) is 26.2 Å². The van der Waals surface area contributed by atoms with E-state index in [2.05, 4.69) is 25.1 Å². The number of terminal acetylenes is 1. The van der Waals surface area contributed by atoms with Crippen LogP contribution in [0.5, 0.6) is 0 Å². The van der Waals surface area contributed by atoms with Crippen LogP contribution >= 0.6 is 0 Å². The lowest BCUT2D eigenvalue weighted by Crippen LogP contribution is -2.25. The monoisotopic (exact) mass is 183 g/mol. The molecule has 1 N–H and O–H groups in total. The van der Waals surface area contributed by atoms with E-state index in [1.807, 2.05) is 0 Å². The normalized spacial score (nSPS) is 11.5. The van der Waals surface area contributed by atoms with Gasteiger partial charge in [0.15, 0.2) is 0 Å². The number of amides is 1. The van der Waals surface area contributed by atoms with Crippen molar-refractivity contribution in [2.24, 2.45) is 5.92 Å². The fraction of sp³-hybridized carbons (Fsp3) is 0.700. The Labute approximate surface area is 79.8 Å². The minimum atomic E-state index is -0.429. The quantitative estimate of drug-likeness (QED) is 0.660. The van der Waals surface area contributed by atoms with E-state index in [9.17, 15) is 4.79 Å². The molecule has 0 aromatic carbocycles. The highest BCUT2D eigenvalue weighted by molar-refractivity contribution is 5.67. The van der Waals surface area contributed by atoms with Crippen molar-refractivity contribution in [3.63, 3.8) is 0 Å². The van der Waals surface area contributed by atoms with Crippen LogP contribution in [0.25, 0.3) is 0 Å². The second-order valence-corrected chi connectivity index (χ2v) is 3.00. The Morgan fingerprint density at radius 1 is 1.69 bits per heavy atom. The average Bonchev–Trinajstić information content (AvgIpc) is 2.14. The molecule has 0 aliphatic carbocycles. The zero-order chi connectivity index (χ0) is 10.1. The smallest absolute Gasteiger partial charge is 0.407 e. The lowest BCUT2D eigenvalue weighted by Gasteiger charge is -2.08. The summed E-state index contributed by atoms with van der Waals surface area (Å²) in [7, 11) is 0. The van der Waals surface area contributed by atoms with E-state index in [4.69, 9.17) is 11.2 Å². The number of alkyl carbamates (subject to hydrolysis) is 1. The first-order valence-corrected chi connectivity index (χ1v) is 4.54. The number of ether oxygens (including phenoxy) is 1. The Hall–Kier alpha value is -1.17. The van der Waals surface area contributed by atoms with E-state index in [0.29, 0.717) is 12.5 Å². The molecule has 0 saturated heterocycles. The molecule has 1 amide bonds. The van der Waals surface area contributed by atoms with Crippen molar-refractivity contribution in [3.8, 4) is 12.3 Å². The summed E-state index contributed by atoms with van der Waals surface area (Å²) in [5, 5.41) is 2.43. The SMILES string of the molecule is C#CCNC(=O)OCC[C@@H](C)CC. The van der Waals surface area contributed by atoms with Crippen LogP contribution < -0.4 is 5.32 Å². The molecule has 0 spiro atoms. The molecule has 0 aromatic rings. The molecule has 0 aliphatic heterocycles. The fourth-order valence-corrected chi connectivity index (χ4v) is 0.731. The van der Waals surface area contributed by atoms with Gasteiger partial charge in [0.1, 0.15) is 0 Å². The van der Waals surface area contributed by atoms with Gasteiger partial charge in [0.05, 0.1) is 13.2 Å². The van der Waals surface area contributed by atoms with Gasteiger partial charge in [0, 0.05) is 0 Å². The molecule has 13 heavy (non-hydrogen) atoms. The van der Waals surface area contributed by atoms with E-state index < -0.39 is 6.09 Å². The number of hydrogen-bond acceptors (Lipinski definition) is 2. The van der Waals surface area contributed by atoms with Crippen LogP contribution in [0.4, 0.5) is 4.79 Å². The van der Waals surface area contributed by atoms with Crippen molar-refractivity contribution in [1.29, 1.82) is 0 Å². The highest BCUT2D eigenvalue weighted by Crippen LogP contribution is 2.05. The van der Waals surface area contributed by atoms with Crippen LogP contribution in [0.3, 0.4) is 0 Å². The van der Waals surface area contributed by atoms with Crippen LogP contribution in [0.1, 0.15) is 26.7 Å². The Morgan fingerprint density at radius 3 is 2.92 bits per heavy atom. The molecular formula is C10H17NO2. The lowest BCUT2D eigenvalue weighted by atomic mass is 10.1. The van der Waals surface area contributed by atoms with Gasteiger partial charge < -0.3 is 10.1 Å². The predicted octanol–water partition coefficient (Wildman–Crippen LogP) is 1.78. The summed E-state index contributed by atoms with van der Waals surface area (Å²) in [5.74, 6) is 2.89. The zero-order valence-corrected chi connectivity index (χ0v) is 8.30. The Balaban J connectivity index is 3.32. The minimum absolute atomic E-state index is 0.224. The molecule has 0 aromatic heterocycles. The average molecular weight is 183 g/mol. The van der Waals surface area contributed by atoms with Crippen LogP contribution in [-0.2, 0) is 4.74 Å². The lowest BCUT2D eigenvalue weighted by molar-refractivity contribution is 0.140. The van der Waals surface area contributed by atoms with Gasteiger partial charge in [-0.3, -0.25) is 0 Å². The van der Waals surface area contributed by atoms with Gasteiger partial charge in [0.25, 0.3) is 0 Å². The first-order valence-electron chi connectivity index (χ1n) is 4.54. The molecule has 1 atom stereocenters. The Bertz CT molecular complexity index is 184. The summed E-state index contributed by atoms with van der Waals surface area (Å²) < 4.78 is 4.87. The molecule has 0 saturated carbocycles. The first kappa shape index (κ1) is 11.8. The van der Waals surface area contributed by atoms with Crippen molar-refractivity contribution in [2.45, 2.75) is 26.7 Å². The van der Waals surface area contributed by atoms with Gasteiger partial charge in [-0.2, -0.15) is 0 Å². The van der Waals surface area contributed by atoms with Crippen molar-refractivity contribution >= 4 is 6.09 Å². The van der Waals surface area contributed by atoms with Crippen LogP contribution in [-0.4, -0.2) is 19.2 Å². The van der Waals surface area contributed by atoms with E-state index in [-0.39, 0.29) is 6.54 Å². The van der Waals surface area contributed by atoms with E-state index in [0.717, 1.165) is 12.8 Å². The molecule has 0 fully saturated rings. The molecule has 0 aliphatic rings. The summed E-state index contributed by atoms with van der Waals surface area (Å²) in [6, 6.07) is 0. The number of carbonyl (C=O) groups excluding carboxylic acids is 1. The third-order valence-electron chi connectivity index (χ3n) is 1.88. The molecule has 0 rings (SSSR count). The van der Waals surface area contributed by atoms with Crippen LogP contribution in [0.2, 0.25) is 0 Å². The zero-order valence-electron chi connectivity index (χ0n) is 8.30. The van der Waals surface area contributed by atoms with Gasteiger partial charge >= 0.3 is 6.09 Å². The molecule has 0 heterocycles. The third kappa shape index (κ3) is 7.20. The molecule has 3 nitrogen and oxygen atoms in total. The van der Waals surface area contributed by atoms with Crippen LogP contribution in [0.15, 0.2) is 0 Å². The van der Waals surface area contributed by atoms with Crippen molar-refractivity contribution in [2.75, 3.05) is 13.2 Å². The van der Waals surface area contributed by atoms with Gasteiger partial charge in [-0.25, -0.2) is 4.79 Å². The fourth-order valence-electron chi connectivity index (χ4n) is 0.731. The number of rotatable bonds is 5. The first-order chi connectivity index (χ1) is 6.20. The number of nitrogens with one attached hydrogen (secondary N) is 1. The highest BCUT2D eigenvalue weighted by atomic mass is 16.5.